The van der Waals surface area contributed by atoms with Crippen LogP contribution in [-0.2, 0) is 6.42 Å². The van der Waals surface area contributed by atoms with E-state index < -0.39 is 0 Å². The molecule has 100 valence electrons. The molecule has 2 N–H and O–H groups in total. The van der Waals surface area contributed by atoms with Crippen LogP contribution in [-0.4, -0.2) is 25.2 Å². The number of fused-ring (bicyclic) bond motifs is 1. The van der Waals surface area contributed by atoms with Crippen molar-refractivity contribution in [2.24, 2.45) is 0 Å². The molecular weight excluding hydrogens is 240 g/mol. The summed E-state index contributed by atoms with van der Waals surface area (Å²) in [4.78, 5) is 1.64. The van der Waals surface area contributed by atoms with Gasteiger partial charge in [-0.15, -0.1) is 11.3 Å². The monoisotopic (exact) mass is 264 g/mol. The van der Waals surface area contributed by atoms with Crippen molar-refractivity contribution in [1.29, 1.82) is 0 Å². The van der Waals surface area contributed by atoms with Gasteiger partial charge in [-0.1, -0.05) is 0 Å². The molecule has 0 spiro atoms. The molecule has 0 amide bonds. The van der Waals surface area contributed by atoms with E-state index in [1.54, 1.807) is 10.4 Å². The van der Waals surface area contributed by atoms with Crippen LogP contribution in [0.4, 0.5) is 0 Å². The largest absolute Gasteiger partial charge is 0.312 e. The third-order valence-corrected chi connectivity index (χ3v) is 5.18. The number of nitrogens with one attached hydrogen (secondary N) is 2. The third-order valence-electron chi connectivity index (χ3n) is 4.18. The Kier molecular flexibility index (Phi) is 4.02. The molecule has 18 heavy (non-hydrogen) atoms. The van der Waals surface area contributed by atoms with E-state index in [0.717, 1.165) is 25.0 Å². The fourth-order valence-electron chi connectivity index (χ4n) is 2.84. The molecule has 2 atom stereocenters. The maximum Gasteiger partial charge on any atom is 0.0164 e. The van der Waals surface area contributed by atoms with Crippen molar-refractivity contribution in [3.63, 3.8) is 0 Å². The van der Waals surface area contributed by atoms with E-state index >= 15 is 0 Å². The zero-order valence-corrected chi connectivity index (χ0v) is 12.1. The second-order valence-electron chi connectivity index (χ2n) is 5.88. The predicted octanol–water partition coefficient (Wildman–Crippen LogP) is 2.90. The lowest BCUT2D eigenvalue weighted by atomic mass is 9.87. The van der Waals surface area contributed by atoms with E-state index in [1.807, 2.05) is 11.3 Å². The summed E-state index contributed by atoms with van der Waals surface area (Å²) < 4.78 is 0. The van der Waals surface area contributed by atoms with Crippen molar-refractivity contribution in [3.05, 3.63) is 21.9 Å². The topological polar surface area (TPSA) is 24.1 Å². The molecule has 0 saturated heterocycles. The van der Waals surface area contributed by atoms with Crippen LogP contribution < -0.4 is 10.6 Å². The van der Waals surface area contributed by atoms with Gasteiger partial charge in [-0.3, -0.25) is 0 Å². The summed E-state index contributed by atoms with van der Waals surface area (Å²) >= 11 is 1.95. The average molecular weight is 264 g/mol. The average Bonchev–Trinajstić information content (AvgIpc) is 3.09. The maximum atomic E-state index is 3.71. The molecule has 2 aliphatic carbocycles. The zero-order valence-electron chi connectivity index (χ0n) is 11.2. The van der Waals surface area contributed by atoms with Gasteiger partial charge < -0.3 is 10.6 Å². The zero-order chi connectivity index (χ0) is 12.4. The van der Waals surface area contributed by atoms with Gasteiger partial charge in [0.25, 0.3) is 0 Å². The first-order chi connectivity index (χ1) is 8.83. The van der Waals surface area contributed by atoms with E-state index in [0.29, 0.717) is 6.04 Å². The number of rotatable bonds is 6. The normalized spacial score (nSPS) is 24.8. The van der Waals surface area contributed by atoms with Gasteiger partial charge >= 0.3 is 0 Å². The van der Waals surface area contributed by atoms with Crippen LogP contribution in [0.15, 0.2) is 11.4 Å². The highest BCUT2D eigenvalue weighted by Gasteiger charge is 2.23. The number of thiophene rings is 1. The van der Waals surface area contributed by atoms with Gasteiger partial charge in [0.2, 0.25) is 0 Å². The van der Waals surface area contributed by atoms with Crippen LogP contribution in [0.3, 0.4) is 0 Å². The van der Waals surface area contributed by atoms with Crippen LogP contribution in [0.2, 0.25) is 0 Å². The Balaban J connectivity index is 1.45. The molecule has 2 nitrogen and oxygen atoms in total. The summed E-state index contributed by atoms with van der Waals surface area (Å²) in [5.41, 5.74) is 1.63. The van der Waals surface area contributed by atoms with Gasteiger partial charge in [-0.2, -0.15) is 0 Å². The van der Waals surface area contributed by atoms with Crippen LogP contribution in [0.5, 0.6) is 0 Å². The summed E-state index contributed by atoms with van der Waals surface area (Å²) in [6, 6.07) is 3.76. The highest BCUT2D eigenvalue weighted by molar-refractivity contribution is 7.10. The standard InChI is InChI=1S/C15H24N2S/c1-11(9-17-13-5-6-13)16-10-12-3-2-4-15-14(12)7-8-18-15/h7-8,11-13,16-17H,2-6,9-10H2,1H3. The minimum absolute atomic E-state index is 0.592. The molecule has 1 fully saturated rings. The fourth-order valence-corrected chi connectivity index (χ4v) is 3.85. The first kappa shape index (κ1) is 12.6. The molecule has 0 bridgehead atoms. The molecule has 1 aromatic rings. The molecule has 3 heteroatoms. The fraction of sp³-hybridized carbons (Fsp3) is 0.733. The summed E-state index contributed by atoms with van der Waals surface area (Å²) in [5, 5.41) is 9.57. The van der Waals surface area contributed by atoms with Crippen LogP contribution in [0.1, 0.15) is 49.0 Å². The Bertz CT molecular complexity index is 384. The second-order valence-corrected chi connectivity index (χ2v) is 6.88. The van der Waals surface area contributed by atoms with Gasteiger partial charge in [0, 0.05) is 30.1 Å². The summed E-state index contributed by atoms with van der Waals surface area (Å²) in [6.07, 6.45) is 6.80. The van der Waals surface area contributed by atoms with Gasteiger partial charge in [0.1, 0.15) is 0 Å². The number of aryl methyl sites for hydroxylation is 1. The Labute approximate surface area is 114 Å². The van der Waals surface area contributed by atoms with E-state index in [9.17, 15) is 0 Å². The lowest BCUT2D eigenvalue weighted by molar-refractivity contribution is 0.449. The maximum absolute atomic E-state index is 3.71. The minimum atomic E-state index is 0.592. The SMILES string of the molecule is CC(CNC1CC1)NCC1CCCc2sccc21. The minimum Gasteiger partial charge on any atom is -0.312 e. The second kappa shape index (κ2) is 5.72. The van der Waals surface area contributed by atoms with Crippen LogP contribution >= 0.6 is 11.3 Å². The Morgan fingerprint density at radius 3 is 3.11 bits per heavy atom. The summed E-state index contributed by atoms with van der Waals surface area (Å²) in [5.74, 6) is 0.753. The molecule has 0 aliphatic heterocycles. The van der Waals surface area contributed by atoms with E-state index in [1.165, 1.54) is 32.1 Å². The van der Waals surface area contributed by atoms with Crippen molar-refractivity contribution in [2.75, 3.05) is 13.1 Å². The molecule has 2 aliphatic rings. The molecule has 0 aromatic carbocycles. The molecule has 2 unspecified atom stereocenters. The van der Waals surface area contributed by atoms with Crippen molar-refractivity contribution >= 4 is 11.3 Å². The van der Waals surface area contributed by atoms with E-state index in [2.05, 4.69) is 29.0 Å². The Hall–Kier alpha value is -0.380. The molecule has 1 heterocycles. The quantitative estimate of drug-likeness (QED) is 0.825. The predicted molar refractivity (Wildman–Crippen MR) is 78.5 cm³/mol. The van der Waals surface area contributed by atoms with Crippen LogP contribution in [0, 0.1) is 0 Å². The molecule has 1 aromatic heterocycles. The van der Waals surface area contributed by atoms with E-state index in [4.69, 9.17) is 0 Å². The van der Waals surface area contributed by atoms with Gasteiger partial charge in [0.05, 0.1) is 0 Å². The Morgan fingerprint density at radius 2 is 2.28 bits per heavy atom. The van der Waals surface area contributed by atoms with Crippen molar-refractivity contribution in [1.82, 2.24) is 10.6 Å². The van der Waals surface area contributed by atoms with Gasteiger partial charge in [-0.25, -0.2) is 0 Å². The number of hydrogen-bond acceptors (Lipinski definition) is 3. The summed E-state index contributed by atoms with van der Waals surface area (Å²) in [6.45, 7) is 4.57. The van der Waals surface area contributed by atoms with Crippen molar-refractivity contribution < 1.29 is 0 Å². The number of hydrogen-bond donors (Lipinski definition) is 2. The summed E-state index contributed by atoms with van der Waals surface area (Å²) in [7, 11) is 0. The Morgan fingerprint density at radius 1 is 1.39 bits per heavy atom. The highest BCUT2D eigenvalue weighted by Crippen LogP contribution is 2.34. The van der Waals surface area contributed by atoms with Gasteiger partial charge in [-0.05, 0) is 62.0 Å². The smallest absolute Gasteiger partial charge is 0.0164 e. The first-order valence-corrected chi connectivity index (χ1v) is 8.24. The molecule has 3 rings (SSSR count). The molecular formula is C15H24N2S. The molecule has 0 radical (unpaired) electrons. The van der Waals surface area contributed by atoms with Crippen molar-refractivity contribution in [3.8, 4) is 0 Å². The third kappa shape index (κ3) is 3.14. The van der Waals surface area contributed by atoms with Crippen molar-refractivity contribution in [2.45, 2.75) is 57.0 Å². The van der Waals surface area contributed by atoms with Crippen LogP contribution in [0.25, 0.3) is 0 Å². The lowest BCUT2D eigenvalue weighted by Crippen LogP contribution is -2.39. The highest BCUT2D eigenvalue weighted by atomic mass is 32.1. The van der Waals surface area contributed by atoms with E-state index in [-0.39, 0.29) is 0 Å². The molecule has 1 saturated carbocycles. The lowest BCUT2D eigenvalue weighted by Gasteiger charge is -2.25. The first-order valence-electron chi connectivity index (χ1n) is 7.36. The van der Waals surface area contributed by atoms with Gasteiger partial charge in [0.15, 0.2) is 0 Å².